The number of para-hydroxylation sites is 1. The third-order valence-electron chi connectivity index (χ3n) is 4.61. The van der Waals surface area contributed by atoms with Crippen LogP contribution in [0.1, 0.15) is 10.4 Å². The van der Waals surface area contributed by atoms with Crippen LogP contribution in [0.4, 0.5) is 11.4 Å². The van der Waals surface area contributed by atoms with Crippen LogP contribution >= 0.6 is 0 Å². The van der Waals surface area contributed by atoms with Crippen LogP contribution in [0.5, 0.6) is 5.75 Å². The molecule has 5 heteroatoms. The molecule has 0 bridgehead atoms. The van der Waals surface area contributed by atoms with E-state index in [4.69, 9.17) is 10.5 Å². The number of methoxy groups -OCH3 is 1. The Morgan fingerprint density at radius 1 is 0.964 bits per heavy atom. The summed E-state index contributed by atoms with van der Waals surface area (Å²) in [6, 6.07) is 22.8. The van der Waals surface area contributed by atoms with Gasteiger partial charge in [-0.25, -0.2) is 0 Å². The third-order valence-corrected chi connectivity index (χ3v) is 4.61. The minimum absolute atomic E-state index is 0.441. The Morgan fingerprint density at radius 2 is 1.79 bits per heavy atom. The second kappa shape index (κ2) is 7.40. The Morgan fingerprint density at radius 3 is 2.61 bits per heavy atom. The molecule has 0 aliphatic carbocycles. The number of ether oxygens (including phenoxy) is 1. The summed E-state index contributed by atoms with van der Waals surface area (Å²) in [7, 11) is 1.61. The van der Waals surface area contributed by atoms with Crippen molar-refractivity contribution in [1.82, 2.24) is 4.98 Å². The smallest absolute Gasteiger partial charge is 0.249 e. The third kappa shape index (κ3) is 3.25. The van der Waals surface area contributed by atoms with Crippen LogP contribution in [-0.4, -0.2) is 18.0 Å². The summed E-state index contributed by atoms with van der Waals surface area (Å²) in [5.74, 6) is 0.221. The lowest BCUT2D eigenvalue weighted by atomic mass is 9.96. The van der Waals surface area contributed by atoms with Gasteiger partial charge in [0.15, 0.2) is 0 Å². The molecule has 0 fully saturated rings. The first-order valence-corrected chi connectivity index (χ1v) is 8.85. The van der Waals surface area contributed by atoms with Crippen molar-refractivity contribution >= 4 is 28.2 Å². The lowest BCUT2D eigenvalue weighted by Gasteiger charge is -2.17. The first kappa shape index (κ1) is 17.5. The van der Waals surface area contributed by atoms with Crippen molar-refractivity contribution in [3.8, 4) is 16.9 Å². The number of rotatable bonds is 5. The average Bonchev–Trinajstić information content (AvgIpc) is 2.74. The average molecular weight is 369 g/mol. The highest BCUT2D eigenvalue weighted by Gasteiger charge is 2.16. The SMILES string of the molecule is COc1cccc(-c2c(Nc3ccnc4ccccc34)cccc2C(N)=O)c1. The number of aromatic nitrogens is 1. The van der Waals surface area contributed by atoms with E-state index in [9.17, 15) is 4.79 Å². The van der Waals surface area contributed by atoms with Crippen LogP contribution < -0.4 is 15.8 Å². The molecule has 0 aliphatic rings. The maximum absolute atomic E-state index is 12.1. The molecule has 0 radical (unpaired) electrons. The zero-order valence-electron chi connectivity index (χ0n) is 15.3. The Balaban J connectivity index is 1.89. The molecule has 28 heavy (non-hydrogen) atoms. The van der Waals surface area contributed by atoms with Crippen LogP contribution in [0, 0.1) is 0 Å². The lowest BCUT2D eigenvalue weighted by Crippen LogP contribution is -2.13. The van der Waals surface area contributed by atoms with Crippen LogP contribution in [-0.2, 0) is 0 Å². The molecule has 0 aliphatic heterocycles. The molecule has 3 N–H and O–H groups in total. The van der Waals surface area contributed by atoms with Crippen molar-refractivity contribution in [2.75, 3.05) is 12.4 Å². The summed E-state index contributed by atoms with van der Waals surface area (Å²) in [6.07, 6.45) is 1.76. The predicted octanol–water partition coefficient (Wildman–Crippen LogP) is 4.75. The summed E-state index contributed by atoms with van der Waals surface area (Å²) in [5.41, 5.74) is 10.3. The van der Waals surface area contributed by atoms with Crippen molar-refractivity contribution in [2.24, 2.45) is 5.73 Å². The van der Waals surface area contributed by atoms with Gasteiger partial charge in [0.1, 0.15) is 5.75 Å². The van der Waals surface area contributed by atoms with E-state index in [0.717, 1.165) is 33.4 Å². The molecule has 0 saturated heterocycles. The zero-order valence-corrected chi connectivity index (χ0v) is 15.3. The molecular weight excluding hydrogens is 350 g/mol. The van der Waals surface area contributed by atoms with Gasteiger partial charge in [0, 0.05) is 34.1 Å². The quantitative estimate of drug-likeness (QED) is 0.532. The molecule has 138 valence electrons. The largest absolute Gasteiger partial charge is 0.497 e. The van der Waals surface area contributed by atoms with Gasteiger partial charge in [-0.05, 0) is 42.0 Å². The minimum Gasteiger partial charge on any atom is -0.497 e. The fraction of sp³-hybridized carbons (Fsp3) is 0.0435. The molecule has 0 atom stereocenters. The van der Waals surface area contributed by atoms with Gasteiger partial charge in [-0.1, -0.05) is 36.4 Å². The van der Waals surface area contributed by atoms with Gasteiger partial charge >= 0.3 is 0 Å². The summed E-state index contributed by atoms with van der Waals surface area (Å²) in [4.78, 5) is 16.5. The molecule has 3 aromatic carbocycles. The molecule has 0 unspecified atom stereocenters. The normalized spacial score (nSPS) is 10.6. The van der Waals surface area contributed by atoms with Gasteiger partial charge in [-0.15, -0.1) is 0 Å². The van der Waals surface area contributed by atoms with Crippen molar-refractivity contribution in [2.45, 2.75) is 0 Å². The van der Waals surface area contributed by atoms with Gasteiger partial charge in [0.05, 0.1) is 12.6 Å². The summed E-state index contributed by atoms with van der Waals surface area (Å²) in [5, 5.41) is 4.45. The van der Waals surface area contributed by atoms with Crippen LogP contribution in [0.15, 0.2) is 79.0 Å². The molecule has 0 saturated carbocycles. The topological polar surface area (TPSA) is 77.2 Å². The summed E-state index contributed by atoms with van der Waals surface area (Å²) < 4.78 is 5.35. The standard InChI is InChI=1S/C23H19N3O2/c1-28-16-7-4-6-15(14-16)22-18(23(24)27)9-5-11-21(22)26-20-12-13-25-19-10-3-2-8-17(19)20/h2-14H,1H3,(H2,24,27)(H,25,26). The minimum atomic E-state index is -0.485. The molecule has 1 amide bonds. The highest BCUT2D eigenvalue weighted by atomic mass is 16.5. The van der Waals surface area contributed by atoms with E-state index >= 15 is 0 Å². The molecule has 4 aromatic rings. The number of pyridine rings is 1. The number of primary amides is 1. The van der Waals surface area contributed by atoms with Crippen molar-refractivity contribution < 1.29 is 9.53 Å². The Hall–Kier alpha value is -3.86. The molecule has 1 aromatic heterocycles. The molecule has 4 rings (SSSR count). The number of hydrogen-bond donors (Lipinski definition) is 2. The number of hydrogen-bond acceptors (Lipinski definition) is 4. The number of nitrogens with one attached hydrogen (secondary N) is 1. The number of nitrogens with two attached hydrogens (primary N) is 1. The van der Waals surface area contributed by atoms with E-state index in [2.05, 4.69) is 10.3 Å². The number of nitrogens with zero attached hydrogens (tertiary/aromatic N) is 1. The predicted molar refractivity (Wildman–Crippen MR) is 112 cm³/mol. The highest BCUT2D eigenvalue weighted by Crippen LogP contribution is 2.36. The number of carbonyl (C=O) groups is 1. The second-order valence-electron chi connectivity index (χ2n) is 6.33. The maximum Gasteiger partial charge on any atom is 0.249 e. The van der Waals surface area contributed by atoms with Crippen molar-refractivity contribution in [3.05, 3.63) is 84.6 Å². The Labute approximate surface area is 162 Å². The van der Waals surface area contributed by atoms with E-state index in [0.29, 0.717) is 11.3 Å². The van der Waals surface area contributed by atoms with E-state index < -0.39 is 5.91 Å². The zero-order chi connectivity index (χ0) is 19.5. The van der Waals surface area contributed by atoms with E-state index in [1.807, 2.05) is 66.7 Å². The first-order chi connectivity index (χ1) is 13.7. The van der Waals surface area contributed by atoms with E-state index in [1.165, 1.54) is 0 Å². The van der Waals surface area contributed by atoms with Crippen LogP contribution in [0.25, 0.3) is 22.0 Å². The maximum atomic E-state index is 12.1. The lowest BCUT2D eigenvalue weighted by molar-refractivity contribution is 0.100. The highest BCUT2D eigenvalue weighted by molar-refractivity contribution is 6.04. The first-order valence-electron chi connectivity index (χ1n) is 8.85. The number of amides is 1. The number of benzene rings is 3. The van der Waals surface area contributed by atoms with Gasteiger partial charge in [-0.2, -0.15) is 0 Å². The number of anilines is 2. The van der Waals surface area contributed by atoms with Crippen molar-refractivity contribution in [3.63, 3.8) is 0 Å². The monoisotopic (exact) mass is 369 g/mol. The van der Waals surface area contributed by atoms with E-state index in [1.54, 1.807) is 19.4 Å². The Kier molecular flexibility index (Phi) is 4.64. The van der Waals surface area contributed by atoms with Gasteiger partial charge in [0.2, 0.25) is 5.91 Å². The van der Waals surface area contributed by atoms with E-state index in [-0.39, 0.29) is 0 Å². The fourth-order valence-electron chi connectivity index (χ4n) is 3.30. The molecular formula is C23H19N3O2. The number of carbonyl (C=O) groups excluding carboxylic acids is 1. The molecule has 1 heterocycles. The summed E-state index contributed by atoms with van der Waals surface area (Å²) >= 11 is 0. The van der Waals surface area contributed by atoms with Gasteiger partial charge in [-0.3, -0.25) is 9.78 Å². The molecule has 5 nitrogen and oxygen atoms in total. The summed E-state index contributed by atoms with van der Waals surface area (Å²) in [6.45, 7) is 0. The van der Waals surface area contributed by atoms with Gasteiger partial charge < -0.3 is 15.8 Å². The van der Waals surface area contributed by atoms with Crippen molar-refractivity contribution in [1.29, 1.82) is 0 Å². The molecule has 0 spiro atoms. The number of fused-ring (bicyclic) bond motifs is 1. The van der Waals surface area contributed by atoms with Crippen LogP contribution in [0.3, 0.4) is 0 Å². The van der Waals surface area contributed by atoms with Gasteiger partial charge in [0.25, 0.3) is 0 Å². The van der Waals surface area contributed by atoms with Crippen LogP contribution in [0.2, 0.25) is 0 Å². The Bertz CT molecular complexity index is 1170. The fourth-order valence-corrected chi connectivity index (χ4v) is 3.30. The second-order valence-corrected chi connectivity index (χ2v) is 6.33.